The van der Waals surface area contributed by atoms with Crippen molar-refractivity contribution in [2.45, 2.75) is 84.0 Å². The van der Waals surface area contributed by atoms with Gasteiger partial charge in [-0.05, 0) is 53.7 Å². The van der Waals surface area contributed by atoms with Crippen LogP contribution in [0, 0.1) is 17.3 Å². The summed E-state index contributed by atoms with van der Waals surface area (Å²) in [6.07, 6.45) is 7.12. The SMILES string of the molecule is CC(C)(CCCCCCBr)c1cc(O)c([C@@H]2CC(=O)[C@@H]3C[C@H]2C3(C)C)c(O)c1. The molecule has 1 aromatic rings. The van der Waals surface area contributed by atoms with Crippen LogP contribution < -0.4 is 0 Å². The van der Waals surface area contributed by atoms with Gasteiger partial charge in [-0.15, -0.1) is 0 Å². The number of ketones is 1. The molecule has 0 amide bonds. The number of phenolic OH excluding ortho intramolecular Hbond substituents is 2. The van der Waals surface area contributed by atoms with E-state index in [0.717, 1.165) is 30.2 Å². The molecule has 0 unspecified atom stereocenters. The summed E-state index contributed by atoms with van der Waals surface area (Å²) < 4.78 is 0. The Morgan fingerprint density at radius 3 is 2.25 bits per heavy atom. The number of carbonyl (C=O) groups is 1. The van der Waals surface area contributed by atoms with E-state index in [-0.39, 0.29) is 39.9 Å². The summed E-state index contributed by atoms with van der Waals surface area (Å²) in [6.45, 7) is 8.65. The smallest absolute Gasteiger partial charge is 0.137 e. The van der Waals surface area contributed by atoms with E-state index in [1.807, 2.05) is 12.1 Å². The molecule has 156 valence electrons. The van der Waals surface area contributed by atoms with Gasteiger partial charge in [-0.3, -0.25) is 4.79 Å². The summed E-state index contributed by atoms with van der Waals surface area (Å²) in [5.41, 5.74) is 1.41. The van der Waals surface area contributed by atoms with Crippen LogP contribution in [0.2, 0.25) is 0 Å². The monoisotopic (exact) mass is 450 g/mol. The Kier molecular flexibility index (Phi) is 6.20. The topological polar surface area (TPSA) is 57.5 Å². The molecule has 2 N–H and O–H groups in total. The first-order valence-corrected chi connectivity index (χ1v) is 11.9. The normalized spacial score (nSPS) is 26.2. The summed E-state index contributed by atoms with van der Waals surface area (Å²) in [5.74, 6) is 1.02. The van der Waals surface area contributed by atoms with Gasteiger partial charge < -0.3 is 10.2 Å². The Hall–Kier alpha value is -1.03. The number of halogens is 1. The van der Waals surface area contributed by atoms with Gasteiger partial charge in [-0.2, -0.15) is 0 Å². The lowest BCUT2D eigenvalue weighted by molar-refractivity contribution is -0.151. The molecule has 0 radical (unpaired) electrons. The standard InChI is InChI=1S/C24H35BrO3/c1-23(2,9-7-5-6-8-10-25)15-11-20(27)22(21(28)12-15)16-13-19(26)18-14-17(16)24(18,3)4/h11-12,16-18,27-28H,5-10,13-14H2,1-4H3/t16-,17-,18+/m1/s1. The Morgan fingerprint density at radius 1 is 1.11 bits per heavy atom. The lowest BCUT2D eigenvalue weighted by Crippen LogP contribution is -2.56. The Labute approximate surface area is 178 Å². The van der Waals surface area contributed by atoms with Gasteiger partial charge in [-0.1, -0.05) is 62.9 Å². The summed E-state index contributed by atoms with van der Waals surface area (Å²) >= 11 is 3.47. The highest BCUT2D eigenvalue weighted by molar-refractivity contribution is 9.09. The first kappa shape index (κ1) is 21.7. The first-order valence-electron chi connectivity index (χ1n) is 10.7. The molecule has 0 heterocycles. The second kappa shape index (κ2) is 8.01. The lowest BCUT2D eigenvalue weighted by atomic mass is 9.44. The van der Waals surface area contributed by atoms with Gasteiger partial charge in [0, 0.05) is 29.2 Å². The van der Waals surface area contributed by atoms with E-state index in [4.69, 9.17) is 0 Å². The van der Waals surface area contributed by atoms with Crippen LogP contribution in [0.5, 0.6) is 11.5 Å². The third-order valence-corrected chi connectivity index (χ3v) is 8.17. The molecular weight excluding hydrogens is 416 g/mol. The fraction of sp³-hybridized carbons (Fsp3) is 0.708. The highest BCUT2D eigenvalue weighted by Crippen LogP contribution is 2.64. The van der Waals surface area contributed by atoms with Gasteiger partial charge in [0.1, 0.15) is 17.3 Å². The molecule has 3 aliphatic carbocycles. The van der Waals surface area contributed by atoms with Crippen LogP contribution in [0.3, 0.4) is 0 Å². The number of phenols is 2. The summed E-state index contributed by atoms with van der Waals surface area (Å²) in [7, 11) is 0. The third-order valence-electron chi connectivity index (χ3n) is 7.61. The quantitative estimate of drug-likeness (QED) is 0.353. The first-order chi connectivity index (χ1) is 13.1. The van der Waals surface area contributed by atoms with Gasteiger partial charge in [0.15, 0.2) is 0 Å². The number of hydrogen-bond acceptors (Lipinski definition) is 3. The van der Waals surface area contributed by atoms with E-state index in [0.29, 0.717) is 17.9 Å². The molecule has 3 saturated carbocycles. The number of aromatic hydroxyl groups is 2. The molecule has 0 aliphatic heterocycles. The van der Waals surface area contributed by atoms with Crippen LogP contribution in [-0.2, 0) is 10.2 Å². The van der Waals surface area contributed by atoms with E-state index >= 15 is 0 Å². The predicted molar refractivity (Wildman–Crippen MR) is 117 cm³/mol. The van der Waals surface area contributed by atoms with Crippen LogP contribution in [0.25, 0.3) is 0 Å². The lowest BCUT2D eigenvalue weighted by Gasteiger charge is -2.59. The minimum atomic E-state index is -0.106. The van der Waals surface area contributed by atoms with Crippen molar-refractivity contribution >= 4 is 21.7 Å². The summed E-state index contributed by atoms with van der Waals surface area (Å²) in [6, 6.07) is 3.66. The molecule has 4 rings (SSSR count). The zero-order valence-corrected chi connectivity index (χ0v) is 19.3. The molecular formula is C24H35BrO3. The number of hydrogen-bond donors (Lipinski definition) is 2. The summed E-state index contributed by atoms with van der Waals surface area (Å²) in [5, 5.41) is 22.7. The third kappa shape index (κ3) is 3.86. The van der Waals surface area contributed by atoms with Crippen molar-refractivity contribution in [3.63, 3.8) is 0 Å². The molecule has 1 aromatic carbocycles. The molecule has 0 saturated heterocycles. The number of unbranched alkanes of at least 4 members (excludes halogenated alkanes) is 3. The molecule has 3 atom stereocenters. The maximum Gasteiger partial charge on any atom is 0.137 e. The van der Waals surface area contributed by atoms with Gasteiger partial charge in [-0.25, -0.2) is 0 Å². The number of fused-ring (bicyclic) bond motifs is 2. The molecule has 4 heteroatoms. The maximum atomic E-state index is 12.5. The van der Waals surface area contributed by atoms with Gasteiger partial charge >= 0.3 is 0 Å². The number of rotatable bonds is 8. The molecule has 0 spiro atoms. The van der Waals surface area contributed by atoms with E-state index in [1.54, 1.807) is 0 Å². The molecule has 3 aliphatic rings. The highest BCUT2D eigenvalue weighted by atomic mass is 79.9. The second-order valence-corrected chi connectivity index (χ2v) is 11.0. The van der Waals surface area contributed by atoms with Crippen LogP contribution in [-0.4, -0.2) is 21.3 Å². The fourth-order valence-corrected chi connectivity index (χ4v) is 5.94. The molecule has 3 fully saturated rings. The van der Waals surface area contributed by atoms with Crippen LogP contribution in [0.4, 0.5) is 0 Å². The van der Waals surface area contributed by atoms with Crippen molar-refractivity contribution in [1.29, 1.82) is 0 Å². The molecule has 0 aromatic heterocycles. The number of benzene rings is 1. The molecule has 2 bridgehead atoms. The average Bonchev–Trinajstić information content (AvgIpc) is 2.60. The van der Waals surface area contributed by atoms with Gasteiger partial charge in [0.2, 0.25) is 0 Å². The number of alkyl halides is 1. The zero-order valence-electron chi connectivity index (χ0n) is 17.7. The van der Waals surface area contributed by atoms with Gasteiger partial charge in [0.05, 0.1) is 0 Å². The second-order valence-electron chi connectivity index (χ2n) is 10.2. The van der Waals surface area contributed by atoms with E-state index in [9.17, 15) is 15.0 Å². The van der Waals surface area contributed by atoms with Gasteiger partial charge in [0.25, 0.3) is 0 Å². The Balaban J connectivity index is 1.79. The van der Waals surface area contributed by atoms with Crippen molar-refractivity contribution in [3.05, 3.63) is 23.3 Å². The average molecular weight is 451 g/mol. The molecule has 28 heavy (non-hydrogen) atoms. The van der Waals surface area contributed by atoms with Crippen molar-refractivity contribution in [2.24, 2.45) is 17.3 Å². The maximum absolute atomic E-state index is 12.5. The largest absolute Gasteiger partial charge is 0.508 e. The van der Waals surface area contributed by atoms with Crippen molar-refractivity contribution in [2.75, 3.05) is 5.33 Å². The number of carbonyl (C=O) groups excluding carboxylic acids is 1. The van der Waals surface area contributed by atoms with Crippen LogP contribution >= 0.6 is 15.9 Å². The van der Waals surface area contributed by atoms with Crippen molar-refractivity contribution in [3.8, 4) is 11.5 Å². The minimum absolute atomic E-state index is 0.0358. The van der Waals surface area contributed by atoms with E-state index in [2.05, 4.69) is 43.6 Å². The van der Waals surface area contributed by atoms with Crippen LogP contribution in [0.15, 0.2) is 12.1 Å². The number of Topliss-reactive ketones (excluding diaryl/α,β-unsaturated/α-hetero) is 1. The van der Waals surface area contributed by atoms with E-state index < -0.39 is 0 Å². The molecule has 3 nitrogen and oxygen atoms in total. The predicted octanol–water partition coefficient (Wildman–Crippen LogP) is 6.44. The van der Waals surface area contributed by atoms with Crippen molar-refractivity contribution < 1.29 is 15.0 Å². The fourth-order valence-electron chi connectivity index (χ4n) is 5.55. The van der Waals surface area contributed by atoms with E-state index in [1.165, 1.54) is 19.3 Å². The van der Waals surface area contributed by atoms with Crippen molar-refractivity contribution in [1.82, 2.24) is 0 Å². The minimum Gasteiger partial charge on any atom is -0.508 e. The highest BCUT2D eigenvalue weighted by Gasteiger charge is 2.59. The van der Waals surface area contributed by atoms with Crippen LogP contribution in [0.1, 0.15) is 89.7 Å². The Morgan fingerprint density at radius 2 is 1.71 bits per heavy atom. The zero-order chi connectivity index (χ0) is 20.7. The Bertz CT molecular complexity index is 714. The summed E-state index contributed by atoms with van der Waals surface area (Å²) in [4.78, 5) is 12.5.